The maximum atomic E-state index is 13.3. The van der Waals surface area contributed by atoms with Gasteiger partial charge in [0.25, 0.3) is 11.8 Å². The molecule has 1 fully saturated rings. The zero-order valence-corrected chi connectivity index (χ0v) is 16.7. The van der Waals surface area contributed by atoms with Crippen LogP contribution in [-0.4, -0.2) is 34.7 Å². The number of rotatable bonds is 5. The van der Waals surface area contributed by atoms with E-state index in [-0.39, 0.29) is 11.8 Å². The standard InChI is InChI=1S/C23H24N2O2S/c26-22-20(24-15-9-1-2-10-16-24)21(28-19-13-7-4-8-14-19)23(27)25(22)17-18-11-5-3-6-12-18/h3-8,11-14H,1-2,9-10,15-17H2. The molecule has 2 amide bonds. The molecule has 0 atom stereocenters. The van der Waals surface area contributed by atoms with E-state index in [0.717, 1.165) is 36.4 Å². The number of amides is 2. The van der Waals surface area contributed by atoms with Crippen LogP contribution in [0.3, 0.4) is 0 Å². The Hall–Kier alpha value is -2.53. The minimum Gasteiger partial charge on any atom is -0.366 e. The highest BCUT2D eigenvalue weighted by molar-refractivity contribution is 8.04. The third-order valence-corrected chi connectivity index (χ3v) is 6.25. The summed E-state index contributed by atoms with van der Waals surface area (Å²) in [5, 5.41) is 0. The lowest BCUT2D eigenvalue weighted by Gasteiger charge is -2.24. The van der Waals surface area contributed by atoms with Crippen LogP contribution in [-0.2, 0) is 16.1 Å². The van der Waals surface area contributed by atoms with Gasteiger partial charge in [0.15, 0.2) is 0 Å². The summed E-state index contributed by atoms with van der Waals surface area (Å²) >= 11 is 1.41. The normalized spacial score (nSPS) is 18.0. The Balaban J connectivity index is 1.66. The average Bonchev–Trinajstić information content (AvgIpc) is 2.92. The Morgan fingerprint density at radius 2 is 1.36 bits per heavy atom. The SMILES string of the molecule is O=C1C(Sc2ccccc2)=C(N2CCCCCC2)C(=O)N1Cc1ccccc1. The van der Waals surface area contributed by atoms with Crippen molar-refractivity contribution in [3.8, 4) is 0 Å². The Morgan fingerprint density at radius 1 is 0.750 bits per heavy atom. The number of hydrogen-bond donors (Lipinski definition) is 0. The quantitative estimate of drug-likeness (QED) is 0.706. The smallest absolute Gasteiger partial charge is 0.278 e. The molecule has 2 aromatic carbocycles. The molecule has 0 N–H and O–H groups in total. The first kappa shape index (κ1) is 18.8. The van der Waals surface area contributed by atoms with Gasteiger partial charge in [-0.15, -0.1) is 0 Å². The van der Waals surface area contributed by atoms with Gasteiger partial charge in [0.05, 0.1) is 6.54 Å². The van der Waals surface area contributed by atoms with Crippen molar-refractivity contribution < 1.29 is 9.59 Å². The maximum absolute atomic E-state index is 13.3. The molecular weight excluding hydrogens is 368 g/mol. The number of carbonyl (C=O) groups is 2. The first-order valence-electron chi connectivity index (χ1n) is 9.86. The summed E-state index contributed by atoms with van der Waals surface area (Å²) in [6, 6.07) is 19.5. The summed E-state index contributed by atoms with van der Waals surface area (Å²) in [6.45, 7) is 1.99. The number of carbonyl (C=O) groups excluding carboxylic acids is 2. The van der Waals surface area contributed by atoms with Crippen LogP contribution in [0.1, 0.15) is 31.2 Å². The van der Waals surface area contributed by atoms with E-state index >= 15 is 0 Å². The van der Waals surface area contributed by atoms with Crippen molar-refractivity contribution in [2.24, 2.45) is 0 Å². The van der Waals surface area contributed by atoms with Crippen LogP contribution in [0.4, 0.5) is 0 Å². The number of nitrogens with zero attached hydrogens (tertiary/aromatic N) is 2. The maximum Gasteiger partial charge on any atom is 0.278 e. The molecule has 2 aliphatic heterocycles. The molecule has 0 spiro atoms. The first-order valence-corrected chi connectivity index (χ1v) is 10.7. The molecule has 4 nitrogen and oxygen atoms in total. The molecule has 0 bridgehead atoms. The van der Waals surface area contributed by atoms with Gasteiger partial charge in [-0.3, -0.25) is 14.5 Å². The number of likely N-dealkylation sites (tertiary alicyclic amines) is 1. The van der Waals surface area contributed by atoms with Crippen molar-refractivity contribution in [3.05, 3.63) is 76.8 Å². The second-order valence-corrected chi connectivity index (χ2v) is 8.26. The van der Waals surface area contributed by atoms with Gasteiger partial charge in [0.1, 0.15) is 10.6 Å². The second kappa shape index (κ2) is 8.65. The molecule has 28 heavy (non-hydrogen) atoms. The molecule has 0 radical (unpaired) electrons. The molecule has 2 heterocycles. The molecule has 1 saturated heterocycles. The number of thioether (sulfide) groups is 1. The van der Waals surface area contributed by atoms with Crippen molar-refractivity contribution in [2.45, 2.75) is 37.1 Å². The summed E-state index contributed by atoms with van der Waals surface area (Å²) < 4.78 is 0. The van der Waals surface area contributed by atoms with Gasteiger partial charge in [0.2, 0.25) is 0 Å². The van der Waals surface area contributed by atoms with Crippen molar-refractivity contribution in [3.63, 3.8) is 0 Å². The van der Waals surface area contributed by atoms with Crippen LogP contribution in [0, 0.1) is 0 Å². The van der Waals surface area contributed by atoms with Gasteiger partial charge in [-0.25, -0.2) is 0 Å². The van der Waals surface area contributed by atoms with Crippen LogP contribution in [0.15, 0.2) is 76.2 Å². The summed E-state index contributed by atoms with van der Waals surface area (Å²) in [7, 11) is 0. The summed E-state index contributed by atoms with van der Waals surface area (Å²) in [5.74, 6) is -0.337. The highest BCUT2D eigenvalue weighted by atomic mass is 32.2. The zero-order valence-electron chi connectivity index (χ0n) is 15.8. The van der Waals surface area contributed by atoms with Gasteiger partial charge in [-0.2, -0.15) is 0 Å². The van der Waals surface area contributed by atoms with Gasteiger partial charge >= 0.3 is 0 Å². The van der Waals surface area contributed by atoms with E-state index in [1.54, 1.807) is 0 Å². The van der Waals surface area contributed by atoms with Crippen molar-refractivity contribution in [1.82, 2.24) is 9.80 Å². The monoisotopic (exact) mass is 392 g/mol. The Labute approximate surface area is 170 Å². The predicted octanol–water partition coefficient (Wildman–Crippen LogP) is 4.44. The lowest BCUT2D eigenvalue weighted by molar-refractivity contribution is -0.138. The number of benzene rings is 2. The van der Waals surface area contributed by atoms with Crippen LogP contribution in [0.25, 0.3) is 0 Å². The average molecular weight is 393 g/mol. The number of hydrogen-bond acceptors (Lipinski definition) is 4. The van der Waals surface area contributed by atoms with Gasteiger partial charge in [0, 0.05) is 18.0 Å². The third-order valence-electron chi connectivity index (χ3n) is 5.17. The van der Waals surface area contributed by atoms with Crippen LogP contribution >= 0.6 is 11.8 Å². The van der Waals surface area contributed by atoms with Crippen molar-refractivity contribution in [1.29, 1.82) is 0 Å². The second-order valence-electron chi connectivity index (χ2n) is 7.18. The lowest BCUT2D eigenvalue weighted by atomic mass is 10.2. The molecule has 5 heteroatoms. The third kappa shape index (κ3) is 3.99. The summed E-state index contributed by atoms with van der Waals surface area (Å²) in [5.41, 5.74) is 1.56. The Bertz CT molecular complexity index is 872. The Kier molecular flexibility index (Phi) is 5.81. The topological polar surface area (TPSA) is 40.6 Å². The molecule has 0 unspecified atom stereocenters. The molecule has 0 aliphatic carbocycles. The van der Waals surface area contributed by atoms with E-state index in [4.69, 9.17) is 0 Å². The van der Waals surface area contributed by atoms with Crippen LogP contribution in [0.5, 0.6) is 0 Å². The van der Waals surface area contributed by atoms with Crippen LogP contribution < -0.4 is 0 Å². The van der Waals surface area contributed by atoms with Gasteiger partial charge in [-0.1, -0.05) is 73.1 Å². The summed E-state index contributed by atoms with van der Waals surface area (Å²) in [6.07, 6.45) is 4.49. The van der Waals surface area contributed by atoms with E-state index < -0.39 is 0 Å². The lowest BCUT2D eigenvalue weighted by Crippen LogP contribution is -2.35. The summed E-state index contributed by atoms with van der Waals surface area (Å²) in [4.78, 5) is 31.7. The molecule has 0 saturated carbocycles. The van der Waals surface area contributed by atoms with E-state index in [9.17, 15) is 9.59 Å². The fourth-order valence-electron chi connectivity index (χ4n) is 3.72. The molecule has 144 valence electrons. The fraction of sp³-hybridized carbons (Fsp3) is 0.304. The highest BCUT2D eigenvalue weighted by Crippen LogP contribution is 2.37. The van der Waals surface area contributed by atoms with E-state index in [1.165, 1.54) is 29.5 Å². The van der Waals surface area contributed by atoms with Crippen molar-refractivity contribution >= 4 is 23.6 Å². The molecule has 0 aromatic heterocycles. The largest absolute Gasteiger partial charge is 0.366 e. The fourth-order valence-corrected chi connectivity index (χ4v) is 4.76. The zero-order chi connectivity index (χ0) is 19.3. The van der Waals surface area contributed by atoms with E-state index in [0.29, 0.717) is 17.1 Å². The van der Waals surface area contributed by atoms with Gasteiger partial charge < -0.3 is 4.90 Å². The predicted molar refractivity (Wildman–Crippen MR) is 111 cm³/mol. The highest BCUT2D eigenvalue weighted by Gasteiger charge is 2.41. The van der Waals surface area contributed by atoms with E-state index in [1.807, 2.05) is 60.7 Å². The minimum absolute atomic E-state index is 0.158. The molecule has 2 aromatic rings. The van der Waals surface area contributed by atoms with Crippen LogP contribution in [0.2, 0.25) is 0 Å². The Morgan fingerprint density at radius 3 is 2.00 bits per heavy atom. The first-order chi connectivity index (χ1) is 13.7. The minimum atomic E-state index is -0.179. The molecular formula is C23H24N2O2S. The number of imide groups is 1. The molecule has 4 rings (SSSR count). The van der Waals surface area contributed by atoms with E-state index in [2.05, 4.69) is 4.90 Å². The van der Waals surface area contributed by atoms with Gasteiger partial charge in [-0.05, 0) is 30.5 Å². The molecule has 2 aliphatic rings. The van der Waals surface area contributed by atoms with Crippen molar-refractivity contribution in [2.75, 3.05) is 13.1 Å².